The molecule has 0 atom stereocenters. The van der Waals surface area contributed by atoms with Crippen molar-refractivity contribution in [2.75, 3.05) is 13.7 Å². The smallest absolute Gasteiger partial charge is 0.244 e. The lowest BCUT2D eigenvalue weighted by Crippen LogP contribution is -2.25. The van der Waals surface area contributed by atoms with Gasteiger partial charge in [0.25, 0.3) is 0 Å². The first-order valence-electron chi connectivity index (χ1n) is 4.84. The minimum Gasteiger partial charge on any atom is -0.495 e. The van der Waals surface area contributed by atoms with Crippen molar-refractivity contribution in [3.8, 4) is 5.75 Å². The summed E-state index contributed by atoms with van der Waals surface area (Å²) >= 11 is 0. The molecule has 0 aliphatic heterocycles. The van der Waals surface area contributed by atoms with E-state index in [2.05, 4.69) is 4.72 Å². The Kier molecular flexibility index (Phi) is 4.26. The number of rotatable bonds is 5. The Balaban J connectivity index is 3.15. The Morgan fingerprint density at radius 2 is 2.12 bits per heavy atom. The topological polar surface area (TPSA) is 55.4 Å². The van der Waals surface area contributed by atoms with Crippen molar-refractivity contribution in [2.24, 2.45) is 0 Å². The van der Waals surface area contributed by atoms with E-state index in [1.807, 2.05) is 6.92 Å². The van der Waals surface area contributed by atoms with Gasteiger partial charge in [0.1, 0.15) is 16.5 Å². The summed E-state index contributed by atoms with van der Waals surface area (Å²) in [6.07, 6.45) is 0.664. The molecule has 0 saturated heterocycles. The van der Waals surface area contributed by atoms with Crippen LogP contribution >= 0.6 is 0 Å². The second-order valence-corrected chi connectivity index (χ2v) is 4.93. The van der Waals surface area contributed by atoms with Gasteiger partial charge in [-0.2, -0.15) is 0 Å². The van der Waals surface area contributed by atoms with Gasteiger partial charge < -0.3 is 4.74 Å². The molecule has 0 aromatic heterocycles. The highest BCUT2D eigenvalue weighted by Crippen LogP contribution is 2.23. The molecule has 0 amide bonds. The molecule has 1 rings (SSSR count). The van der Waals surface area contributed by atoms with Gasteiger partial charge in [-0.05, 0) is 24.6 Å². The van der Waals surface area contributed by atoms with Crippen LogP contribution in [-0.2, 0) is 10.0 Å². The Labute approximate surface area is 94.5 Å². The summed E-state index contributed by atoms with van der Waals surface area (Å²) in [7, 11) is -2.36. The summed E-state index contributed by atoms with van der Waals surface area (Å²) in [5.74, 6) is -0.484. The van der Waals surface area contributed by atoms with Crippen LogP contribution < -0.4 is 9.46 Å². The lowest BCUT2D eigenvalue weighted by Gasteiger charge is -2.09. The summed E-state index contributed by atoms with van der Waals surface area (Å²) < 4.78 is 43.8. The molecule has 0 heterocycles. The first kappa shape index (κ1) is 12.9. The summed E-state index contributed by atoms with van der Waals surface area (Å²) in [6, 6.07) is 3.38. The van der Waals surface area contributed by atoms with E-state index in [4.69, 9.17) is 4.74 Å². The average molecular weight is 247 g/mol. The summed E-state index contributed by atoms with van der Waals surface area (Å²) in [5.41, 5.74) is 0. The molecule has 0 aliphatic rings. The van der Waals surface area contributed by atoms with Gasteiger partial charge in [-0.25, -0.2) is 17.5 Å². The minimum absolute atomic E-state index is 0.130. The molecule has 0 unspecified atom stereocenters. The van der Waals surface area contributed by atoms with E-state index in [1.54, 1.807) is 0 Å². The molecule has 0 saturated carbocycles. The van der Waals surface area contributed by atoms with Crippen molar-refractivity contribution >= 4 is 10.0 Å². The maximum Gasteiger partial charge on any atom is 0.244 e. The number of nitrogens with one attached hydrogen (secondary N) is 1. The van der Waals surface area contributed by atoms with E-state index in [1.165, 1.54) is 13.2 Å². The van der Waals surface area contributed by atoms with Crippen LogP contribution in [0.3, 0.4) is 0 Å². The number of ether oxygens (including phenoxy) is 1. The maximum atomic E-state index is 13.0. The quantitative estimate of drug-likeness (QED) is 0.858. The van der Waals surface area contributed by atoms with E-state index in [0.717, 1.165) is 12.1 Å². The third kappa shape index (κ3) is 2.93. The van der Waals surface area contributed by atoms with Gasteiger partial charge in [-0.3, -0.25) is 0 Å². The third-order valence-electron chi connectivity index (χ3n) is 1.96. The second kappa shape index (κ2) is 5.27. The van der Waals surface area contributed by atoms with Crippen LogP contribution in [0, 0.1) is 5.82 Å². The van der Waals surface area contributed by atoms with E-state index in [9.17, 15) is 12.8 Å². The zero-order valence-corrected chi connectivity index (χ0v) is 9.97. The first-order chi connectivity index (χ1) is 7.51. The van der Waals surface area contributed by atoms with E-state index in [0.29, 0.717) is 13.0 Å². The maximum absolute atomic E-state index is 13.0. The Bertz CT molecular complexity index is 459. The van der Waals surface area contributed by atoms with E-state index in [-0.39, 0.29) is 10.6 Å². The highest BCUT2D eigenvalue weighted by molar-refractivity contribution is 7.89. The molecular weight excluding hydrogens is 233 g/mol. The Morgan fingerprint density at radius 1 is 1.44 bits per heavy atom. The number of sulfonamides is 1. The van der Waals surface area contributed by atoms with Gasteiger partial charge in [0.2, 0.25) is 10.0 Å². The first-order valence-corrected chi connectivity index (χ1v) is 6.32. The van der Waals surface area contributed by atoms with Crippen molar-refractivity contribution < 1.29 is 17.5 Å². The van der Waals surface area contributed by atoms with Crippen molar-refractivity contribution in [2.45, 2.75) is 18.2 Å². The van der Waals surface area contributed by atoms with Gasteiger partial charge >= 0.3 is 0 Å². The number of methoxy groups -OCH3 is 1. The molecule has 0 aliphatic carbocycles. The minimum atomic E-state index is -3.70. The third-order valence-corrected chi connectivity index (χ3v) is 3.44. The SMILES string of the molecule is CCCNS(=O)(=O)c1cc(F)ccc1OC. The summed E-state index contributed by atoms with van der Waals surface area (Å²) in [4.78, 5) is -0.177. The van der Waals surface area contributed by atoms with Gasteiger partial charge in [-0.1, -0.05) is 6.92 Å². The van der Waals surface area contributed by atoms with Crippen molar-refractivity contribution in [1.82, 2.24) is 4.72 Å². The lowest BCUT2D eigenvalue weighted by molar-refractivity contribution is 0.400. The predicted molar refractivity (Wildman–Crippen MR) is 58.4 cm³/mol. The zero-order valence-electron chi connectivity index (χ0n) is 9.16. The van der Waals surface area contributed by atoms with Crippen LogP contribution in [-0.4, -0.2) is 22.1 Å². The fourth-order valence-electron chi connectivity index (χ4n) is 1.17. The molecule has 90 valence electrons. The fourth-order valence-corrected chi connectivity index (χ4v) is 2.49. The van der Waals surface area contributed by atoms with Crippen molar-refractivity contribution in [1.29, 1.82) is 0 Å². The van der Waals surface area contributed by atoms with Crippen LogP contribution in [0.5, 0.6) is 5.75 Å². The van der Waals surface area contributed by atoms with Crippen LogP contribution in [0.1, 0.15) is 13.3 Å². The van der Waals surface area contributed by atoms with Crippen LogP contribution in [0.15, 0.2) is 23.1 Å². The average Bonchev–Trinajstić information content (AvgIpc) is 2.26. The molecule has 0 bridgehead atoms. The summed E-state index contributed by atoms with van der Waals surface area (Å²) in [6.45, 7) is 2.15. The number of benzene rings is 1. The molecule has 16 heavy (non-hydrogen) atoms. The van der Waals surface area contributed by atoms with Gasteiger partial charge in [0.15, 0.2) is 0 Å². The molecule has 1 aromatic rings. The zero-order chi connectivity index (χ0) is 12.2. The van der Waals surface area contributed by atoms with Crippen LogP contribution in [0.2, 0.25) is 0 Å². The van der Waals surface area contributed by atoms with Crippen LogP contribution in [0.25, 0.3) is 0 Å². The Morgan fingerprint density at radius 3 is 2.69 bits per heavy atom. The highest BCUT2D eigenvalue weighted by atomic mass is 32.2. The van der Waals surface area contributed by atoms with E-state index < -0.39 is 15.8 Å². The van der Waals surface area contributed by atoms with Crippen molar-refractivity contribution in [3.05, 3.63) is 24.0 Å². The lowest BCUT2D eigenvalue weighted by atomic mass is 10.3. The number of hydrogen-bond acceptors (Lipinski definition) is 3. The number of halogens is 1. The summed E-state index contributed by atoms with van der Waals surface area (Å²) in [5, 5.41) is 0. The highest BCUT2D eigenvalue weighted by Gasteiger charge is 2.19. The Hall–Kier alpha value is -1.14. The molecule has 1 aromatic carbocycles. The fraction of sp³-hybridized carbons (Fsp3) is 0.400. The molecule has 0 fully saturated rings. The standard InChI is InChI=1S/C10H14FNO3S/c1-3-6-12-16(13,14)10-7-8(11)4-5-9(10)15-2/h4-5,7,12H,3,6H2,1-2H3. The monoisotopic (exact) mass is 247 g/mol. The van der Waals surface area contributed by atoms with Gasteiger partial charge in [0.05, 0.1) is 7.11 Å². The normalized spacial score (nSPS) is 11.4. The largest absolute Gasteiger partial charge is 0.495 e. The molecule has 0 radical (unpaired) electrons. The van der Waals surface area contributed by atoms with E-state index >= 15 is 0 Å². The second-order valence-electron chi connectivity index (χ2n) is 3.19. The predicted octanol–water partition coefficient (Wildman–Crippen LogP) is 1.52. The molecule has 6 heteroatoms. The van der Waals surface area contributed by atoms with Crippen LogP contribution in [0.4, 0.5) is 4.39 Å². The van der Waals surface area contributed by atoms with Gasteiger partial charge in [-0.15, -0.1) is 0 Å². The molecular formula is C10H14FNO3S. The van der Waals surface area contributed by atoms with Crippen molar-refractivity contribution in [3.63, 3.8) is 0 Å². The molecule has 4 nitrogen and oxygen atoms in total. The molecule has 0 spiro atoms. The number of hydrogen-bond donors (Lipinski definition) is 1. The molecule has 1 N–H and O–H groups in total. The van der Waals surface area contributed by atoms with Gasteiger partial charge in [0, 0.05) is 6.54 Å².